The molecule has 0 aliphatic heterocycles. The highest BCUT2D eigenvalue weighted by molar-refractivity contribution is 5.82. The van der Waals surface area contributed by atoms with E-state index in [2.05, 4.69) is 68.6 Å². The van der Waals surface area contributed by atoms with Gasteiger partial charge in [0.1, 0.15) is 0 Å². The zero-order valence-corrected chi connectivity index (χ0v) is 16.3. The van der Waals surface area contributed by atoms with Crippen molar-refractivity contribution in [2.75, 3.05) is 43.3 Å². The number of hydrogen-bond acceptors (Lipinski definition) is 4. The Kier molecular flexibility index (Phi) is 5.77. The zero-order valence-electron chi connectivity index (χ0n) is 16.3. The molecule has 0 aliphatic rings. The minimum Gasteiger partial charge on any atom is -0.378 e. The van der Waals surface area contributed by atoms with Gasteiger partial charge < -0.3 is 15.1 Å². The second-order valence-corrected chi connectivity index (χ2v) is 6.86. The first-order valence-electron chi connectivity index (χ1n) is 8.97. The van der Waals surface area contributed by atoms with E-state index in [0.29, 0.717) is 0 Å². The van der Waals surface area contributed by atoms with Gasteiger partial charge in [-0.2, -0.15) is 0 Å². The van der Waals surface area contributed by atoms with Crippen molar-refractivity contribution < 1.29 is 0 Å². The number of rotatable bonds is 6. The van der Waals surface area contributed by atoms with E-state index in [1.165, 1.54) is 11.4 Å². The van der Waals surface area contributed by atoms with E-state index in [-0.39, 0.29) is 0 Å². The van der Waals surface area contributed by atoms with Crippen molar-refractivity contribution in [3.05, 3.63) is 78.4 Å². The summed E-state index contributed by atoms with van der Waals surface area (Å²) in [5.41, 5.74) is 6.49. The Hall–Kier alpha value is -3.27. The lowest BCUT2D eigenvalue weighted by molar-refractivity contribution is 1.13. The maximum Gasteiger partial charge on any atom is 0.0631 e. The molecule has 0 spiro atoms. The molecule has 0 saturated heterocycles. The van der Waals surface area contributed by atoms with E-state index in [1.54, 1.807) is 0 Å². The van der Waals surface area contributed by atoms with E-state index in [0.717, 1.165) is 22.6 Å². The van der Waals surface area contributed by atoms with Gasteiger partial charge in [-0.15, -0.1) is 0 Å². The Labute approximate surface area is 161 Å². The normalized spacial score (nSPS) is 10.8. The molecule has 1 N–H and O–H groups in total. The molecule has 3 aromatic rings. The van der Waals surface area contributed by atoms with Gasteiger partial charge in [0.2, 0.25) is 0 Å². The number of anilines is 4. The van der Waals surface area contributed by atoms with Crippen molar-refractivity contribution in [2.24, 2.45) is 4.99 Å². The SMILES string of the molecule is CN(C)c1ccc(C=Nc2ccc(Nc3ccc(N(C)C)cc3)cc2)cc1. The average Bonchev–Trinajstić information content (AvgIpc) is 2.68. The third kappa shape index (κ3) is 5.11. The molecule has 27 heavy (non-hydrogen) atoms. The van der Waals surface area contributed by atoms with Crippen LogP contribution in [0.4, 0.5) is 28.4 Å². The summed E-state index contributed by atoms with van der Waals surface area (Å²) in [6.07, 6.45) is 1.89. The molecule has 0 aliphatic carbocycles. The molecule has 0 aromatic heterocycles. The molecule has 138 valence electrons. The Morgan fingerprint density at radius 1 is 0.630 bits per heavy atom. The molecule has 4 heteroatoms. The van der Waals surface area contributed by atoms with Gasteiger partial charge in [-0.25, -0.2) is 0 Å². The molecular formula is C23H26N4. The molecule has 0 bridgehead atoms. The van der Waals surface area contributed by atoms with Crippen LogP contribution in [0.25, 0.3) is 0 Å². The van der Waals surface area contributed by atoms with Crippen LogP contribution in [0, 0.1) is 0 Å². The van der Waals surface area contributed by atoms with E-state index < -0.39 is 0 Å². The fraction of sp³-hybridized carbons (Fsp3) is 0.174. The fourth-order valence-corrected chi connectivity index (χ4v) is 2.65. The Bertz CT molecular complexity index is 877. The quantitative estimate of drug-likeness (QED) is 0.606. The van der Waals surface area contributed by atoms with E-state index >= 15 is 0 Å². The Balaban J connectivity index is 1.62. The number of nitrogens with one attached hydrogen (secondary N) is 1. The van der Waals surface area contributed by atoms with Gasteiger partial charge in [0.25, 0.3) is 0 Å². The van der Waals surface area contributed by atoms with Gasteiger partial charge in [-0.3, -0.25) is 4.99 Å². The highest BCUT2D eigenvalue weighted by Crippen LogP contribution is 2.22. The number of nitrogens with zero attached hydrogens (tertiary/aromatic N) is 3. The minimum absolute atomic E-state index is 0.931. The van der Waals surface area contributed by atoms with Crippen LogP contribution < -0.4 is 15.1 Å². The molecule has 0 fully saturated rings. The topological polar surface area (TPSA) is 30.9 Å². The van der Waals surface area contributed by atoms with Crippen LogP contribution in [0.15, 0.2) is 77.8 Å². The summed E-state index contributed by atoms with van der Waals surface area (Å²) >= 11 is 0. The molecule has 0 amide bonds. The summed E-state index contributed by atoms with van der Waals surface area (Å²) < 4.78 is 0. The third-order valence-electron chi connectivity index (χ3n) is 4.31. The molecule has 3 aromatic carbocycles. The van der Waals surface area contributed by atoms with Crippen LogP contribution >= 0.6 is 0 Å². The second-order valence-electron chi connectivity index (χ2n) is 6.86. The molecule has 4 nitrogen and oxygen atoms in total. The summed E-state index contributed by atoms with van der Waals surface area (Å²) in [6.45, 7) is 0. The van der Waals surface area contributed by atoms with Crippen molar-refractivity contribution in [1.82, 2.24) is 0 Å². The van der Waals surface area contributed by atoms with Gasteiger partial charge in [-0.1, -0.05) is 12.1 Å². The minimum atomic E-state index is 0.931. The van der Waals surface area contributed by atoms with E-state index in [9.17, 15) is 0 Å². The van der Waals surface area contributed by atoms with Crippen LogP contribution in [-0.2, 0) is 0 Å². The molecule has 0 radical (unpaired) electrons. The summed E-state index contributed by atoms with van der Waals surface area (Å²) in [6, 6.07) is 24.8. The summed E-state index contributed by atoms with van der Waals surface area (Å²) in [5.74, 6) is 0. The van der Waals surface area contributed by atoms with Crippen LogP contribution in [-0.4, -0.2) is 34.4 Å². The monoisotopic (exact) mass is 358 g/mol. The average molecular weight is 358 g/mol. The Morgan fingerprint density at radius 3 is 1.56 bits per heavy atom. The highest BCUT2D eigenvalue weighted by Gasteiger charge is 1.98. The number of benzene rings is 3. The summed E-state index contributed by atoms with van der Waals surface area (Å²) in [5, 5.41) is 3.41. The lowest BCUT2D eigenvalue weighted by Gasteiger charge is -2.13. The standard InChI is InChI=1S/C23H26N4/c1-26(2)22-13-5-18(6-14-22)17-24-19-7-9-20(10-8-19)25-21-11-15-23(16-12-21)27(3)4/h5-17,25H,1-4H3. The van der Waals surface area contributed by atoms with Crippen LogP contribution in [0.2, 0.25) is 0 Å². The van der Waals surface area contributed by atoms with Crippen molar-refractivity contribution in [1.29, 1.82) is 0 Å². The molecule has 0 saturated carbocycles. The maximum atomic E-state index is 4.56. The number of hydrogen-bond donors (Lipinski definition) is 1. The van der Waals surface area contributed by atoms with Gasteiger partial charge in [0, 0.05) is 57.2 Å². The Morgan fingerprint density at radius 2 is 1.07 bits per heavy atom. The molecular weight excluding hydrogens is 332 g/mol. The van der Waals surface area contributed by atoms with E-state index in [4.69, 9.17) is 0 Å². The van der Waals surface area contributed by atoms with Gasteiger partial charge in [-0.05, 0) is 66.2 Å². The number of aliphatic imine (C=N–C) groups is 1. The lowest BCUT2D eigenvalue weighted by Crippen LogP contribution is -2.08. The first-order valence-corrected chi connectivity index (χ1v) is 8.97. The molecule has 0 heterocycles. The van der Waals surface area contributed by atoms with Crippen LogP contribution in [0.1, 0.15) is 5.56 Å². The largest absolute Gasteiger partial charge is 0.378 e. The van der Waals surface area contributed by atoms with Crippen molar-refractivity contribution in [3.8, 4) is 0 Å². The van der Waals surface area contributed by atoms with Crippen LogP contribution in [0.5, 0.6) is 0 Å². The van der Waals surface area contributed by atoms with Crippen molar-refractivity contribution >= 4 is 34.7 Å². The van der Waals surface area contributed by atoms with Gasteiger partial charge in [0.05, 0.1) is 5.69 Å². The van der Waals surface area contributed by atoms with Gasteiger partial charge >= 0.3 is 0 Å². The fourth-order valence-electron chi connectivity index (χ4n) is 2.65. The van der Waals surface area contributed by atoms with Crippen molar-refractivity contribution in [2.45, 2.75) is 0 Å². The van der Waals surface area contributed by atoms with Gasteiger partial charge in [0.15, 0.2) is 0 Å². The predicted octanol–water partition coefficient (Wildman–Crippen LogP) is 5.31. The summed E-state index contributed by atoms with van der Waals surface area (Å²) in [7, 11) is 8.15. The highest BCUT2D eigenvalue weighted by atomic mass is 15.1. The first kappa shape index (κ1) is 18.5. The lowest BCUT2D eigenvalue weighted by atomic mass is 10.2. The van der Waals surface area contributed by atoms with E-state index in [1.807, 2.05) is 58.7 Å². The maximum absolute atomic E-state index is 4.56. The third-order valence-corrected chi connectivity index (χ3v) is 4.31. The smallest absolute Gasteiger partial charge is 0.0631 e. The molecule has 0 atom stereocenters. The first-order chi connectivity index (χ1) is 13.0. The summed E-state index contributed by atoms with van der Waals surface area (Å²) in [4.78, 5) is 8.73. The molecule has 0 unspecified atom stereocenters. The predicted molar refractivity (Wildman–Crippen MR) is 119 cm³/mol. The zero-order chi connectivity index (χ0) is 19.2. The van der Waals surface area contributed by atoms with Crippen LogP contribution in [0.3, 0.4) is 0 Å². The van der Waals surface area contributed by atoms with Crippen molar-refractivity contribution in [3.63, 3.8) is 0 Å². The molecule has 3 rings (SSSR count). The second kappa shape index (κ2) is 8.41.